The third-order valence-electron chi connectivity index (χ3n) is 6.33. The van der Waals surface area contributed by atoms with E-state index in [0.29, 0.717) is 17.3 Å². The van der Waals surface area contributed by atoms with Crippen molar-refractivity contribution in [2.75, 3.05) is 14.2 Å². The standard InChI is InChI=1S/C27H24N2O6/c1-28-15-20(18-8-4-5-9-21(18)28)24-23(25(30)19-11-10-16(33-2)13-22(19)34-3)26(31)27(32)29(24)14-17-7-6-12-35-17/h4-13,15,24,30H,14H2,1-3H3/b25-23+. The molecule has 8 nitrogen and oxygen atoms in total. The summed E-state index contributed by atoms with van der Waals surface area (Å²) in [4.78, 5) is 28.1. The van der Waals surface area contributed by atoms with Gasteiger partial charge in [-0.15, -0.1) is 0 Å². The lowest BCUT2D eigenvalue weighted by Crippen LogP contribution is -2.29. The molecule has 3 heterocycles. The molecule has 1 aliphatic rings. The SMILES string of the molecule is COc1ccc(/C(O)=C2\C(=O)C(=O)N(Cc3ccco3)C2c2cn(C)c3ccccc23)c(OC)c1. The number of carbonyl (C=O) groups is 2. The molecule has 5 rings (SSSR count). The molecule has 1 aliphatic heterocycles. The molecular weight excluding hydrogens is 448 g/mol. The Kier molecular flexibility index (Phi) is 5.56. The van der Waals surface area contributed by atoms with Gasteiger partial charge in [-0.05, 0) is 30.3 Å². The van der Waals surface area contributed by atoms with Gasteiger partial charge in [-0.2, -0.15) is 0 Å². The maximum absolute atomic E-state index is 13.4. The minimum atomic E-state index is -0.835. The first-order valence-corrected chi connectivity index (χ1v) is 11.0. The Morgan fingerprint density at radius 1 is 1.06 bits per heavy atom. The quantitative estimate of drug-likeness (QED) is 0.254. The van der Waals surface area contributed by atoms with Gasteiger partial charge in [0, 0.05) is 35.8 Å². The number of aryl methyl sites for hydroxylation is 1. The highest BCUT2D eigenvalue weighted by atomic mass is 16.5. The van der Waals surface area contributed by atoms with E-state index < -0.39 is 17.7 Å². The van der Waals surface area contributed by atoms with E-state index in [0.717, 1.165) is 16.5 Å². The number of ketones is 1. The Hall–Kier alpha value is -4.46. The van der Waals surface area contributed by atoms with Gasteiger partial charge in [0.15, 0.2) is 0 Å². The second kappa shape index (κ2) is 8.72. The topological polar surface area (TPSA) is 94.1 Å². The maximum Gasteiger partial charge on any atom is 0.296 e. The highest BCUT2D eigenvalue weighted by Crippen LogP contribution is 2.44. The number of likely N-dealkylation sites (tertiary alicyclic amines) is 1. The van der Waals surface area contributed by atoms with Crippen LogP contribution in [0.15, 0.2) is 77.0 Å². The first-order chi connectivity index (χ1) is 16.9. The van der Waals surface area contributed by atoms with Crippen molar-refractivity contribution in [1.82, 2.24) is 9.47 Å². The molecule has 1 saturated heterocycles. The normalized spacial score (nSPS) is 17.3. The number of para-hydroxylation sites is 1. The molecule has 0 saturated carbocycles. The summed E-state index contributed by atoms with van der Waals surface area (Å²) in [7, 11) is 4.88. The van der Waals surface area contributed by atoms with Gasteiger partial charge < -0.3 is 28.5 Å². The number of hydrogen-bond acceptors (Lipinski definition) is 6. The Labute approximate surface area is 201 Å². The first kappa shape index (κ1) is 22.3. The van der Waals surface area contributed by atoms with Crippen LogP contribution in [0.25, 0.3) is 16.7 Å². The molecule has 0 radical (unpaired) electrons. The molecular formula is C27H24N2O6. The van der Waals surface area contributed by atoms with Crippen molar-refractivity contribution < 1.29 is 28.6 Å². The molecule has 1 amide bonds. The van der Waals surface area contributed by atoms with Crippen molar-refractivity contribution in [1.29, 1.82) is 0 Å². The van der Waals surface area contributed by atoms with Gasteiger partial charge in [0.2, 0.25) is 0 Å². The number of furan rings is 1. The van der Waals surface area contributed by atoms with Crippen LogP contribution < -0.4 is 9.47 Å². The summed E-state index contributed by atoms with van der Waals surface area (Å²) in [5, 5.41) is 12.3. The molecule has 1 unspecified atom stereocenters. The fraction of sp³-hybridized carbons (Fsp3) is 0.185. The van der Waals surface area contributed by atoms with Crippen LogP contribution in [0.1, 0.15) is 22.9 Å². The van der Waals surface area contributed by atoms with E-state index in [-0.39, 0.29) is 23.4 Å². The van der Waals surface area contributed by atoms with Crippen molar-refractivity contribution in [2.24, 2.45) is 7.05 Å². The van der Waals surface area contributed by atoms with E-state index in [2.05, 4.69) is 0 Å². The van der Waals surface area contributed by atoms with Gasteiger partial charge in [-0.1, -0.05) is 18.2 Å². The smallest absolute Gasteiger partial charge is 0.296 e. The van der Waals surface area contributed by atoms with Crippen molar-refractivity contribution >= 4 is 28.4 Å². The number of carbonyl (C=O) groups excluding carboxylic acids is 2. The summed E-state index contributed by atoms with van der Waals surface area (Å²) >= 11 is 0. The molecule has 0 aliphatic carbocycles. The number of aliphatic hydroxyl groups excluding tert-OH is 1. The third-order valence-corrected chi connectivity index (χ3v) is 6.33. The van der Waals surface area contributed by atoms with E-state index in [4.69, 9.17) is 13.9 Å². The highest BCUT2D eigenvalue weighted by molar-refractivity contribution is 6.46. The Morgan fingerprint density at radius 3 is 2.57 bits per heavy atom. The van der Waals surface area contributed by atoms with E-state index >= 15 is 0 Å². The molecule has 0 bridgehead atoms. The molecule has 178 valence electrons. The number of fused-ring (bicyclic) bond motifs is 1. The molecule has 1 N–H and O–H groups in total. The number of Topliss-reactive ketones (excluding diaryl/α,β-unsaturated/α-hetero) is 1. The number of hydrogen-bond donors (Lipinski definition) is 1. The van der Waals surface area contributed by atoms with Crippen LogP contribution in [0.3, 0.4) is 0 Å². The summed E-state index contributed by atoms with van der Waals surface area (Å²) in [5.74, 6) is -0.432. The second-order valence-corrected chi connectivity index (χ2v) is 8.29. The molecule has 4 aromatic rings. The van der Waals surface area contributed by atoms with Crippen molar-refractivity contribution in [3.8, 4) is 11.5 Å². The number of methoxy groups -OCH3 is 2. The van der Waals surface area contributed by atoms with Gasteiger partial charge in [0.05, 0.1) is 44.2 Å². The molecule has 35 heavy (non-hydrogen) atoms. The number of aliphatic hydroxyl groups is 1. The van der Waals surface area contributed by atoms with Gasteiger partial charge >= 0.3 is 0 Å². The van der Waals surface area contributed by atoms with Crippen molar-refractivity contribution in [3.63, 3.8) is 0 Å². The van der Waals surface area contributed by atoms with E-state index in [1.165, 1.54) is 25.4 Å². The van der Waals surface area contributed by atoms with Crippen LogP contribution in [-0.2, 0) is 23.2 Å². The Morgan fingerprint density at radius 2 is 1.86 bits per heavy atom. The Bertz CT molecular complexity index is 1460. The summed E-state index contributed by atoms with van der Waals surface area (Å²) in [5.41, 5.74) is 1.94. The lowest BCUT2D eigenvalue weighted by molar-refractivity contribution is -0.140. The van der Waals surface area contributed by atoms with Gasteiger partial charge in [-0.3, -0.25) is 9.59 Å². The Balaban J connectivity index is 1.75. The average Bonchev–Trinajstić information content (AvgIpc) is 3.57. The predicted octanol–water partition coefficient (Wildman–Crippen LogP) is 4.41. The van der Waals surface area contributed by atoms with Crippen LogP contribution in [0.4, 0.5) is 0 Å². The van der Waals surface area contributed by atoms with Crippen LogP contribution in [0, 0.1) is 0 Å². The van der Waals surface area contributed by atoms with Crippen molar-refractivity contribution in [3.05, 3.63) is 89.5 Å². The van der Waals surface area contributed by atoms with Crippen molar-refractivity contribution in [2.45, 2.75) is 12.6 Å². The van der Waals surface area contributed by atoms with Gasteiger partial charge in [-0.25, -0.2) is 0 Å². The molecule has 1 atom stereocenters. The molecule has 1 fully saturated rings. The zero-order chi connectivity index (χ0) is 24.7. The zero-order valence-corrected chi connectivity index (χ0v) is 19.5. The first-order valence-electron chi connectivity index (χ1n) is 11.0. The summed E-state index contributed by atoms with van der Waals surface area (Å²) in [6.45, 7) is 0.0714. The fourth-order valence-corrected chi connectivity index (χ4v) is 4.67. The van der Waals surface area contributed by atoms with E-state index in [9.17, 15) is 14.7 Å². The third kappa shape index (κ3) is 3.63. The predicted molar refractivity (Wildman–Crippen MR) is 129 cm³/mol. The summed E-state index contributed by atoms with van der Waals surface area (Å²) < 4.78 is 18.1. The fourth-order valence-electron chi connectivity index (χ4n) is 4.67. The maximum atomic E-state index is 13.4. The van der Waals surface area contributed by atoms with Crippen LogP contribution in [0.5, 0.6) is 11.5 Å². The molecule has 8 heteroatoms. The number of aromatic nitrogens is 1. The van der Waals surface area contributed by atoms with E-state index in [1.54, 1.807) is 30.3 Å². The molecule has 2 aromatic heterocycles. The lowest BCUT2D eigenvalue weighted by atomic mass is 9.94. The number of nitrogens with zero attached hydrogens (tertiary/aromatic N) is 2. The number of benzene rings is 2. The van der Waals surface area contributed by atoms with Crippen LogP contribution >= 0.6 is 0 Å². The average molecular weight is 472 g/mol. The second-order valence-electron chi connectivity index (χ2n) is 8.29. The van der Waals surface area contributed by atoms with E-state index in [1.807, 2.05) is 42.1 Å². The van der Waals surface area contributed by atoms with Gasteiger partial charge in [0.1, 0.15) is 23.0 Å². The van der Waals surface area contributed by atoms with Crippen LogP contribution in [0.2, 0.25) is 0 Å². The number of amides is 1. The van der Waals surface area contributed by atoms with Gasteiger partial charge in [0.25, 0.3) is 11.7 Å². The molecule has 0 spiro atoms. The number of rotatable bonds is 6. The summed E-state index contributed by atoms with van der Waals surface area (Å²) in [6, 6.07) is 15.2. The number of ether oxygens (including phenoxy) is 2. The largest absolute Gasteiger partial charge is 0.507 e. The summed E-state index contributed by atoms with van der Waals surface area (Å²) in [6.07, 6.45) is 3.40. The minimum Gasteiger partial charge on any atom is -0.507 e. The minimum absolute atomic E-state index is 0.0126. The molecule has 2 aromatic carbocycles. The monoisotopic (exact) mass is 472 g/mol. The highest BCUT2D eigenvalue weighted by Gasteiger charge is 2.47. The zero-order valence-electron chi connectivity index (χ0n) is 19.5. The lowest BCUT2D eigenvalue weighted by Gasteiger charge is -2.24. The van der Waals surface area contributed by atoms with Crippen LogP contribution in [-0.4, -0.2) is 40.5 Å².